The summed E-state index contributed by atoms with van der Waals surface area (Å²) in [4.78, 5) is 0. The van der Waals surface area contributed by atoms with Crippen LogP contribution in [0.25, 0.3) is 0 Å². The Bertz CT molecular complexity index is 592. The first-order valence-electron chi connectivity index (χ1n) is 13.3. The Morgan fingerprint density at radius 2 is 1.32 bits per heavy atom. The van der Waals surface area contributed by atoms with E-state index in [-0.39, 0.29) is 34.6 Å². The van der Waals surface area contributed by atoms with Crippen LogP contribution in [-0.4, -0.2) is 94.9 Å². The standard InChI is InChI=1S/C23H50O6Si4.CH4/c1-24-33(25-2,26-3)19(18-21(30)12-6-9-15-27-21)20(22(31)13-7-10-16-28-22)23(32(4)5)14-8-11-17-29-23;/h19-20,32H,6-18H2,1-5,30-31H3;1H4. The second-order valence-electron chi connectivity index (χ2n) is 11.3. The Kier molecular flexibility index (Phi) is 11.7. The van der Waals surface area contributed by atoms with Gasteiger partial charge >= 0.3 is 8.80 Å². The maximum absolute atomic E-state index is 6.97. The van der Waals surface area contributed by atoms with E-state index in [2.05, 4.69) is 13.1 Å². The molecule has 3 aliphatic heterocycles. The van der Waals surface area contributed by atoms with Gasteiger partial charge in [-0.05, 0) is 64.2 Å². The van der Waals surface area contributed by atoms with Crippen LogP contribution in [0.4, 0.5) is 0 Å². The molecule has 0 bridgehead atoms. The molecule has 0 saturated carbocycles. The molecule has 3 heterocycles. The van der Waals surface area contributed by atoms with Gasteiger partial charge in [-0.15, -0.1) is 0 Å². The van der Waals surface area contributed by atoms with Crippen molar-refractivity contribution in [2.24, 2.45) is 5.92 Å². The van der Waals surface area contributed by atoms with Crippen molar-refractivity contribution >= 4 is 38.1 Å². The molecule has 0 aliphatic carbocycles. The highest BCUT2D eigenvalue weighted by atomic mass is 28.4. The Morgan fingerprint density at radius 1 is 0.794 bits per heavy atom. The zero-order valence-corrected chi connectivity index (χ0v) is 28.5. The molecule has 10 heteroatoms. The van der Waals surface area contributed by atoms with Gasteiger partial charge in [0.25, 0.3) is 0 Å². The normalized spacial score (nSPS) is 35.1. The van der Waals surface area contributed by atoms with Gasteiger partial charge in [0.15, 0.2) is 0 Å². The molecule has 0 spiro atoms. The van der Waals surface area contributed by atoms with Crippen molar-refractivity contribution in [3.8, 4) is 0 Å². The molecule has 6 nitrogen and oxygen atoms in total. The highest BCUT2D eigenvalue weighted by molar-refractivity contribution is 6.64. The van der Waals surface area contributed by atoms with Gasteiger partial charge in [-0.1, -0.05) is 20.5 Å². The summed E-state index contributed by atoms with van der Waals surface area (Å²) < 4.78 is 39.2. The first-order chi connectivity index (χ1) is 15.7. The molecule has 3 saturated heterocycles. The minimum Gasteiger partial charge on any atom is -0.380 e. The SMILES string of the molecule is C.CO[Si](OC)(OC)C(CC1([SiH3])CCCCO1)C(C1([SiH3])CCCCO1)C1([SiH](C)C)CCCCO1. The first kappa shape index (κ1) is 30.8. The van der Waals surface area contributed by atoms with Crippen molar-refractivity contribution in [1.29, 1.82) is 0 Å². The summed E-state index contributed by atoms with van der Waals surface area (Å²) in [6.45, 7) is 7.53. The lowest BCUT2D eigenvalue weighted by molar-refractivity contribution is -0.153. The number of rotatable bonds is 10. The predicted molar refractivity (Wildman–Crippen MR) is 152 cm³/mol. The summed E-state index contributed by atoms with van der Waals surface area (Å²) in [5.41, 5.74) is 0.108. The molecule has 202 valence electrons. The third kappa shape index (κ3) is 6.19. The zero-order valence-electron chi connectivity index (χ0n) is 22.4. The van der Waals surface area contributed by atoms with Crippen LogP contribution in [0.3, 0.4) is 0 Å². The van der Waals surface area contributed by atoms with Gasteiger partial charge < -0.3 is 27.5 Å². The minimum absolute atomic E-state index is 0. The number of ether oxygens (including phenoxy) is 3. The molecule has 5 unspecified atom stereocenters. The molecule has 0 aromatic rings. The van der Waals surface area contributed by atoms with Gasteiger partial charge in [0.2, 0.25) is 0 Å². The summed E-state index contributed by atoms with van der Waals surface area (Å²) in [6, 6.07) is 0. The van der Waals surface area contributed by atoms with E-state index < -0.39 is 17.6 Å². The van der Waals surface area contributed by atoms with Gasteiger partial charge in [-0.3, -0.25) is 0 Å². The highest BCUT2D eigenvalue weighted by Crippen LogP contribution is 2.55. The van der Waals surface area contributed by atoms with Crippen LogP contribution in [0.2, 0.25) is 18.6 Å². The average molecular weight is 551 g/mol. The van der Waals surface area contributed by atoms with E-state index in [9.17, 15) is 0 Å². The van der Waals surface area contributed by atoms with E-state index in [1.165, 1.54) is 25.7 Å². The second kappa shape index (κ2) is 12.9. The monoisotopic (exact) mass is 550 g/mol. The van der Waals surface area contributed by atoms with E-state index in [0.717, 1.165) is 78.8 Å². The Balaban J connectivity index is 0.00000408. The molecule has 3 rings (SSSR count). The summed E-state index contributed by atoms with van der Waals surface area (Å²) in [5, 5.41) is -0.323. The molecule has 5 atom stereocenters. The average Bonchev–Trinajstić information content (AvgIpc) is 2.82. The van der Waals surface area contributed by atoms with Crippen LogP contribution in [-0.2, 0) is 27.5 Å². The Morgan fingerprint density at radius 3 is 1.74 bits per heavy atom. The van der Waals surface area contributed by atoms with Crippen molar-refractivity contribution < 1.29 is 27.5 Å². The van der Waals surface area contributed by atoms with E-state index in [1.807, 2.05) is 0 Å². The van der Waals surface area contributed by atoms with Crippen LogP contribution in [0.15, 0.2) is 0 Å². The molecule has 0 N–H and O–H groups in total. The number of hydrogen-bond acceptors (Lipinski definition) is 6. The summed E-state index contributed by atoms with van der Waals surface area (Å²) in [5.74, 6) is 0.229. The summed E-state index contributed by atoms with van der Waals surface area (Å²) in [6.07, 6.45) is 11.5. The fraction of sp³-hybridized carbons (Fsp3) is 1.00. The lowest BCUT2D eigenvalue weighted by Crippen LogP contribution is -2.68. The maximum atomic E-state index is 6.97. The zero-order chi connectivity index (χ0) is 24.2. The van der Waals surface area contributed by atoms with E-state index in [1.54, 1.807) is 21.3 Å². The summed E-state index contributed by atoms with van der Waals surface area (Å²) in [7, 11) is 3.04. The van der Waals surface area contributed by atoms with Crippen LogP contribution < -0.4 is 0 Å². The van der Waals surface area contributed by atoms with Gasteiger partial charge in [0.05, 0.1) is 19.2 Å². The maximum Gasteiger partial charge on any atom is 0.503 e. The van der Waals surface area contributed by atoms with Crippen molar-refractivity contribution in [3.05, 3.63) is 0 Å². The molecule has 0 aromatic heterocycles. The van der Waals surface area contributed by atoms with E-state index >= 15 is 0 Å². The third-order valence-electron chi connectivity index (χ3n) is 8.91. The second-order valence-corrected chi connectivity index (χ2v) is 21.3. The van der Waals surface area contributed by atoms with E-state index in [0.29, 0.717) is 0 Å². The van der Waals surface area contributed by atoms with Gasteiger partial charge in [0.1, 0.15) is 0 Å². The quantitative estimate of drug-likeness (QED) is 0.389. The van der Waals surface area contributed by atoms with Gasteiger partial charge in [-0.2, -0.15) is 0 Å². The summed E-state index contributed by atoms with van der Waals surface area (Å²) >= 11 is 0. The Hall–Kier alpha value is 0.628. The van der Waals surface area contributed by atoms with E-state index in [4.69, 9.17) is 27.5 Å². The first-order valence-corrected chi connectivity index (χ1v) is 20.0. The molecule has 3 aliphatic rings. The van der Waals surface area contributed by atoms with Crippen molar-refractivity contribution in [2.75, 3.05) is 41.2 Å². The molecule has 0 aromatic carbocycles. The molecular formula is C24H54O6Si4. The molecule has 34 heavy (non-hydrogen) atoms. The molecular weight excluding hydrogens is 497 g/mol. The molecule has 0 radical (unpaired) electrons. The van der Waals surface area contributed by atoms with Gasteiger partial charge in [-0.25, -0.2) is 0 Å². The lowest BCUT2D eigenvalue weighted by atomic mass is 9.80. The largest absolute Gasteiger partial charge is 0.503 e. The van der Waals surface area contributed by atoms with Gasteiger partial charge in [0, 0.05) is 78.3 Å². The fourth-order valence-corrected chi connectivity index (χ4v) is 16.5. The van der Waals surface area contributed by atoms with Crippen molar-refractivity contribution in [2.45, 2.75) is 106 Å². The van der Waals surface area contributed by atoms with Crippen molar-refractivity contribution in [3.63, 3.8) is 0 Å². The van der Waals surface area contributed by atoms with Crippen LogP contribution in [0.1, 0.15) is 71.6 Å². The predicted octanol–water partition coefficient (Wildman–Crippen LogP) is 2.37. The van der Waals surface area contributed by atoms with Crippen LogP contribution >= 0.6 is 0 Å². The van der Waals surface area contributed by atoms with Crippen LogP contribution in [0, 0.1) is 5.92 Å². The van der Waals surface area contributed by atoms with Crippen molar-refractivity contribution in [1.82, 2.24) is 0 Å². The third-order valence-corrected chi connectivity index (χ3v) is 17.4. The fourth-order valence-electron chi connectivity index (χ4n) is 7.15. The number of hydrogen-bond donors (Lipinski definition) is 0. The minimum atomic E-state index is -3.02. The van der Waals surface area contributed by atoms with Crippen LogP contribution in [0.5, 0.6) is 0 Å². The molecule has 3 fully saturated rings. The lowest BCUT2D eigenvalue weighted by Gasteiger charge is -2.58. The smallest absolute Gasteiger partial charge is 0.380 e. The topological polar surface area (TPSA) is 55.4 Å². The Labute approximate surface area is 218 Å². The molecule has 0 amide bonds. The highest BCUT2D eigenvalue weighted by Gasteiger charge is 2.64.